The normalized spacial score (nSPS) is 11.5. The Kier molecular flexibility index (Phi) is 8.23. The summed E-state index contributed by atoms with van der Waals surface area (Å²) in [5.41, 5.74) is 0.806. The smallest absolute Gasteiger partial charge is 0.269 e. The molecule has 0 fully saturated rings. The van der Waals surface area contributed by atoms with E-state index in [0.717, 1.165) is 12.1 Å². The fourth-order valence-electron chi connectivity index (χ4n) is 1.60. The van der Waals surface area contributed by atoms with Gasteiger partial charge in [0.05, 0.1) is 11.5 Å². The predicted molar refractivity (Wildman–Crippen MR) is 96.2 cm³/mol. The highest BCUT2D eigenvalue weighted by Gasteiger charge is 2.11. The zero-order valence-electron chi connectivity index (χ0n) is 12.8. The Bertz CT molecular complexity index is 498. The average Bonchev–Trinajstić information content (AvgIpc) is 2.35. The summed E-state index contributed by atoms with van der Waals surface area (Å²) in [7, 11) is 0. The van der Waals surface area contributed by atoms with Crippen LogP contribution in [0.1, 0.15) is 33.3 Å². The number of hydrogen-bond donors (Lipinski definition) is 2. The van der Waals surface area contributed by atoms with Crippen molar-refractivity contribution in [2.75, 3.05) is 6.54 Å². The molecule has 0 atom stereocenters. The van der Waals surface area contributed by atoms with Crippen molar-refractivity contribution < 1.29 is 4.92 Å². The topological polar surface area (TPSA) is 79.6 Å². The van der Waals surface area contributed by atoms with E-state index >= 15 is 0 Å². The lowest BCUT2D eigenvalue weighted by molar-refractivity contribution is -0.384. The number of non-ortho nitro benzene ring substituents is 1. The number of benzene rings is 1. The minimum absolute atomic E-state index is 0. The van der Waals surface area contributed by atoms with E-state index < -0.39 is 4.92 Å². The number of rotatable bonds is 4. The molecule has 118 valence electrons. The van der Waals surface area contributed by atoms with Gasteiger partial charge in [-0.25, -0.2) is 4.99 Å². The van der Waals surface area contributed by atoms with Crippen LogP contribution in [0.2, 0.25) is 0 Å². The number of nitro benzene ring substituents is 1. The number of halogens is 1. The number of nitro groups is 1. The summed E-state index contributed by atoms with van der Waals surface area (Å²) in [6.07, 6.45) is 0. The molecular weight excluding hydrogens is 383 g/mol. The van der Waals surface area contributed by atoms with Gasteiger partial charge < -0.3 is 10.6 Å². The van der Waals surface area contributed by atoms with Gasteiger partial charge in [-0.05, 0) is 33.3 Å². The van der Waals surface area contributed by atoms with Crippen LogP contribution in [0.3, 0.4) is 0 Å². The van der Waals surface area contributed by atoms with Gasteiger partial charge in [-0.3, -0.25) is 10.1 Å². The highest BCUT2D eigenvalue weighted by molar-refractivity contribution is 14.0. The molecule has 0 aliphatic heterocycles. The molecule has 0 bridgehead atoms. The number of nitrogens with zero attached hydrogens (tertiary/aromatic N) is 2. The van der Waals surface area contributed by atoms with Crippen molar-refractivity contribution in [2.45, 2.75) is 39.8 Å². The Balaban J connectivity index is 0.00000400. The first-order valence-electron chi connectivity index (χ1n) is 6.61. The fourth-order valence-corrected chi connectivity index (χ4v) is 1.60. The van der Waals surface area contributed by atoms with Crippen LogP contribution in [0.4, 0.5) is 5.69 Å². The van der Waals surface area contributed by atoms with Crippen molar-refractivity contribution in [1.82, 2.24) is 10.6 Å². The van der Waals surface area contributed by atoms with E-state index in [0.29, 0.717) is 12.5 Å². The van der Waals surface area contributed by atoms with Crippen molar-refractivity contribution in [2.24, 2.45) is 4.99 Å². The summed E-state index contributed by atoms with van der Waals surface area (Å²) in [5, 5.41) is 17.1. The molecular formula is C14H23IN4O2. The highest BCUT2D eigenvalue weighted by Crippen LogP contribution is 2.13. The monoisotopic (exact) mass is 406 g/mol. The molecule has 0 saturated heterocycles. The molecule has 0 aliphatic rings. The van der Waals surface area contributed by atoms with Gasteiger partial charge in [-0.15, -0.1) is 24.0 Å². The second kappa shape index (κ2) is 8.81. The van der Waals surface area contributed by atoms with E-state index in [1.165, 1.54) is 6.07 Å². The summed E-state index contributed by atoms with van der Waals surface area (Å²) in [5.74, 6) is 0.700. The molecule has 0 spiro atoms. The molecule has 1 rings (SSSR count). The van der Waals surface area contributed by atoms with Crippen molar-refractivity contribution in [3.05, 3.63) is 39.9 Å². The van der Waals surface area contributed by atoms with Crippen LogP contribution in [0.15, 0.2) is 29.3 Å². The van der Waals surface area contributed by atoms with E-state index in [1.54, 1.807) is 12.1 Å². The quantitative estimate of drug-likeness (QED) is 0.265. The average molecular weight is 406 g/mol. The predicted octanol–water partition coefficient (Wildman–Crippen LogP) is 3.07. The number of aliphatic imine (C=N–C) groups is 1. The van der Waals surface area contributed by atoms with Gasteiger partial charge >= 0.3 is 0 Å². The lowest BCUT2D eigenvalue weighted by atomic mass is 10.1. The van der Waals surface area contributed by atoms with Crippen LogP contribution in [0.5, 0.6) is 0 Å². The number of guanidine groups is 1. The molecule has 1 aromatic rings. The third kappa shape index (κ3) is 7.84. The van der Waals surface area contributed by atoms with Gasteiger partial charge in [0.15, 0.2) is 5.96 Å². The van der Waals surface area contributed by atoms with Gasteiger partial charge in [0.2, 0.25) is 0 Å². The molecule has 7 heteroatoms. The highest BCUT2D eigenvalue weighted by atomic mass is 127. The summed E-state index contributed by atoms with van der Waals surface area (Å²) >= 11 is 0. The standard InChI is InChI=1S/C14H22N4O2.HI/c1-5-15-13(17-14(2,3)4)16-10-11-7-6-8-12(9-11)18(19)20;/h6-9H,5,10H2,1-4H3,(H2,15,16,17);1H. The lowest BCUT2D eigenvalue weighted by Gasteiger charge is -2.23. The molecule has 0 aliphatic carbocycles. The molecule has 1 aromatic carbocycles. The van der Waals surface area contributed by atoms with Crippen LogP contribution in [0.25, 0.3) is 0 Å². The van der Waals surface area contributed by atoms with E-state index in [2.05, 4.69) is 15.6 Å². The van der Waals surface area contributed by atoms with Crippen LogP contribution < -0.4 is 10.6 Å². The summed E-state index contributed by atoms with van der Waals surface area (Å²) < 4.78 is 0. The maximum atomic E-state index is 10.7. The SMILES string of the molecule is CCNC(=NCc1cccc([N+](=O)[O-])c1)NC(C)(C)C.I. The van der Waals surface area contributed by atoms with E-state index in [4.69, 9.17) is 0 Å². The Hall–Kier alpha value is -1.38. The molecule has 0 unspecified atom stereocenters. The molecule has 2 N–H and O–H groups in total. The molecule has 0 saturated carbocycles. The summed E-state index contributed by atoms with van der Waals surface area (Å²) in [4.78, 5) is 14.8. The Morgan fingerprint density at radius 2 is 2.05 bits per heavy atom. The van der Waals surface area contributed by atoms with Gasteiger partial charge in [0, 0.05) is 24.2 Å². The Morgan fingerprint density at radius 1 is 1.38 bits per heavy atom. The van der Waals surface area contributed by atoms with E-state index in [9.17, 15) is 10.1 Å². The molecule has 21 heavy (non-hydrogen) atoms. The summed E-state index contributed by atoms with van der Waals surface area (Å²) in [6, 6.07) is 6.53. The van der Waals surface area contributed by atoms with Gasteiger partial charge in [0.25, 0.3) is 5.69 Å². The second-order valence-electron chi connectivity index (χ2n) is 5.50. The molecule has 0 heterocycles. The van der Waals surface area contributed by atoms with Crippen molar-refractivity contribution in [3.63, 3.8) is 0 Å². The van der Waals surface area contributed by atoms with E-state index in [-0.39, 0.29) is 35.2 Å². The molecule has 0 amide bonds. The molecule has 0 radical (unpaired) electrons. The lowest BCUT2D eigenvalue weighted by Crippen LogP contribution is -2.47. The van der Waals surface area contributed by atoms with Gasteiger partial charge in [-0.2, -0.15) is 0 Å². The third-order valence-corrected chi connectivity index (χ3v) is 2.38. The first-order chi connectivity index (χ1) is 9.31. The van der Waals surface area contributed by atoms with Crippen LogP contribution in [0, 0.1) is 10.1 Å². The third-order valence-electron chi connectivity index (χ3n) is 2.38. The second-order valence-corrected chi connectivity index (χ2v) is 5.50. The fraction of sp³-hybridized carbons (Fsp3) is 0.500. The summed E-state index contributed by atoms with van der Waals surface area (Å²) in [6.45, 7) is 9.30. The Morgan fingerprint density at radius 3 is 2.57 bits per heavy atom. The first kappa shape index (κ1) is 19.6. The van der Waals surface area contributed by atoms with E-state index in [1.807, 2.05) is 33.8 Å². The zero-order valence-corrected chi connectivity index (χ0v) is 15.2. The maximum Gasteiger partial charge on any atom is 0.269 e. The molecule has 6 nitrogen and oxygen atoms in total. The number of hydrogen-bond acceptors (Lipinski definition) is 3. The van der Waals surface area contributed by atoms with Crippen LogP contribution in [-0.2, 0) is 6.54 Å². The first-order valence-corrected chi connectivity index (χ1v) is 6.61. The van der Waals surface area contributed by atoms with Gasteiger partial charge in [-0.1, -0.05) is 12.1 Å². The van der Waals surface area contributed by atoms with Gasteiger partial charge in [0.1, 0.15) is 0 Å². The minimum Gasteiger partial charge on any atom is -0.357 e. The number of nitrogens with one attached hydrogen (secondary N) is 2. The van der Waals surface area contributed by atoms with Crippen molar-refractivity contribution in [3.8, 4) is 0 Å². The van der Waals surface area contributed by atoms with Crippen LogP contribution >= 0.6 is 24.0 Å². The Labute approximate surface area is 142 Å². The largest absolute Gasteiger partial charge is 0.357 e. The van der Waals surface area contributed by atoms with Crippen molar-refractivity contribution in [1.29, 1.82) is 0 Å². The minimum atomic E-state index is -0.397. The van der Waals surface area contributed by atoms with Crippen LogP contribution in [-0.4, -0.2) is 23.0 Å². The maximum absolute atomic E-state index is 10.7. The zero-order chi connectivity index (χ0) is 15.2. The molecule has 0 aromatic heterocycles. The van der Waals surface area contributed by atoms with Crippen molar-refractivity contribution >= 4 is 35.6 Å².